The molecule has 2 aromatic rings. The Kier molecular flexibility index (Phi) is 6.71. The monoisotopic (exact) mass is 446 g/mol. The first-order valence-electron chi connectivity index (χ1n) is 10.6. The average Bonchev–Trinajstić information content (AvgIpc) is 3.28. The van der Waals surface area contributed by atoms with Gasteiger partial charge in [0, 0.05) is 53.6 Å². The zero-order valence-electron chi connectivity index (χ0n) is 17.2. The Morgan fingerprint density at radius 2 is 1.93 bits per heavy atom. The summed E-state index contributed by atoms with van der Waals surface area (Å²) in [7, 11) is 0. The Balaban J connectivity index is 1.37. The zero-order valence-corrected chi connectivity index (χ0v) is 18.7. The van der Waals surface area contributed by atoms with Gasteiger partial charge < -0.3 is 20.4 Å². The second-order valence-corrected chi connectivity index (χ2v) is 8.89. The van der Waals surface area contributed by atoms with Gasteiger partial charge in [0.25, 0.3) is 0 Å². The Labute approximate surface area is 188 Å². The Morgan fingerprint density at radius 1 is 1.13 bits per heavy atom. The van der Waals surface area contributed by atoms with Gasteiger partial charge in [-0.15, -0.1) is 0 Å². The van der Waals surface area contributed by atoms with Gasteiger partial charge in [0.2, 0.25) is 5.91 Å². The van der Waals surface area contributed by atoms with Crippen LogP contribution in [0.2, 0.25) is 10.0 Å². The SMILES string of the molecule is CC(Nc1cccc(N2CCN(C(=O)C3CCCN3)CC2)c1)c1ccc(Cl)cc1Cl. The molecule has 2 unspecified atom stereocenters. The van der Waals surface area contributed by atoms with Crippen molar-refractivity contribution in [1.29, 1.82) is 0 Å². The van der Waals surface area contributed by atoms with Crippen molar-refractivity contribution < 1.29 is 4.79 Å². The molecule has 2 aliphatic heterocycles. The summed E-state index contributed by atoms with van der Waals surface area (Å²) >= 11 is 12.4. The largest absolute Gasteiger partial charge is 0.378 e. The van der Waals surface area contributed by atoms with Crippen LogP contribution < -0.4 is 15.5 Å². The summed E-state index contributed by atoms with van der Waals surface area (Å²) < 4.78 is 0. The highest BCUT2D eigenvalue weighted by atomic mass is 35.5. The van der Waals surface area contributed by atoms with Gasteiger partial charge in [0.15, 0.2) is 0 Å². The number of halogens is 2. The lowest BCUT2D eigenvalue weighted by molar-refractivity contribution is -0.133. The summed E-state index contributed by atoms with van der Waals surface area (Å²) in [5.74, 6) is 0.260. The summed E-state index contributed by atoms with van der Waals surface area (Å²) in [6.07, 6.45) is 2.05. The molecule has 2 saturated heterocycles. The van der Waals surface area contributed by atoms with E-state index in [1.165, 1.54) is 5.69 Å². The molecule has 0 saturated carbocycles. The van der Waals surface area contributed by atoms with Gasteiger partial charge in [-0.3, -0.25) is 4.79 Å². The smallest absolute Gasteiger partial charge is 0.239 e. The van der Waals surface area contributed by atoms with E-state index in [0.717, 1.165) is 56.8 Å². The molecule has 30 heavy (non-hydrogen) atoms. The molecule has 0 aliphatic carbocycles. The number of amides is 1. The molecule has 2 N–H and O–H groups in total. The third kappa shape index (κ3) is 4.85. The Morgan fingerprint density at radius 3 is 2.63 bits per heavy atom. The lowest BCUT2D eigenvalue weighted by atomic mass is 10.1. The predicted molar refractivity (Wildman–Crippen MR) is 125 cm³/mol. The normalized spacial score (nSPS) is 20.3. The lowest BCUT2D eigenvalue weighted by Crippen LogP contribution is -2.53. The van der Waals surface area contributed by atoms with E-state index in [1.54, 1.807) is 6.07 Å². The maximum atomic E-state index is 12.6. The fourth-order valence-corrected chi connectivity index (χ4v) is 4.85. The van der Waals surface area contributed by atoms with Gasteiger partial charge >= 0.3 is 0 Å². The van der Waals surface area contributed by atoms with Crippen molar-refractivity contribution in [3.05, 3.63) is 58.1 Å². The van der Waals surface area contributed by atoms with Crippen molar-refractivity contribution in [2.24, 2.45) is 0 Å². The van der Waals surface area contributed by atoms with Crippen LogP contribution in [0.3, 0.4) is 0 Å². The number of rotatable bonds is 5. The van der Waals surface area contributed by atoms with E-state index in [4.69, 9.17) is 23.2 Å². The Bertz CT molecular complexity index is 893. The van der Waals surface area contributed by atoms with Crippen molar-refractivity contribution in [2.45, 2.75) is 31.8 Å². The number of anilines is 2. The van der Waals surface area contributed by atoms with Gasteiger partial charge in [-0.1, -0.05) is 35.3 Å². The molecule has 160 valence electrons. The van der Waals surface area contributed by atoms with Crippen molar-refractivity contribution in [3.8, 4) is 0 Å². The molecular formula is C23H28Cl2N4O. The molecule has 2 atom stereocenters. The molecule has 7 heteroatoms. The maximum absolute atomic E-state index is 12.6. The number of nitrogens with one attached hydrogen (secondary N) is 2. The molecule has 5 nitrogen and oxygen atoms in total. The van der Waals surface area contributed by atoms with Crippen LogP contribution in [-0.4, -0.2) is 49.6 Å². The van der Waals surface area contributed by atoms with Crippen molar-refractivity contribution in [1.82, 2.24) is 10.2 Å². The van der Waals surface area contributed by atoms with Crippen LogP contribution in [0.25, 0.3) is 0 Å². The van der Waals surface area contributed by atoms with Crippen LogP contribution in [0, 0.1) is 0 Å². The van der Waals surface area contributed by atoms with Gasteiger partial charge in [-0.25, -0.2) is 0 Å². The molecule has 0 aromatic heterocycles. The van der Waals surface area contributed by atoms with E-state index >= 15 is 0 Å². The molecule has 2 aliphatic rings. The van der Waals surface area contributed by atoms with E-state index in [0.29, 0.717) is 10.0 Å². The van der Waals surface area contributed by atoms with E-state index in [1.807, 2.05) is 17.0 Å². The van der Waals surface area contributed by atoms with E-state index < -0.39 is 0 Å². The first-order valence-corrected chi connectivity index (χ1v) is 11.4. The molecule has 2 heterocycles. The summed E-state index contributed by atoms with van der Waals surface area (Å²) in [4.78, 5) is 17.0. The molecule has 2 aromatic carbocycles. The van der Waals surface area contributed by atoms with Crippen LogP contribution in [-0.2, 0) is 4.79 Å². The number of carbonyl (C=O) groups is 1. The third-order valence-electron chi connectivity index (χ3n) is 5.97. The lowest BCUT2D eigenvalue weighted by Gasteiger charge is -2.37. The standard InChI is InChI=1S/C23H28Cl2N4O/c1-16(20-8-7-17(24)14-21(20)25)27-18-4-2-5-19(15-18)28-10-12-29(13-11-28)23(30)22-6-3-9-26-22/h2,4-5,7-8,14-16,22,26-27H,3,6,9-13H2,1H3. The molecule has 0 spiro atoms. The molecule has 4 rings (SSSR count). The summed E-state index contributed by atoms with van der Waals surface area (Å²) in [5.41, 5.74) is 3.22. The number of hydrogen-bond donors (Lipinski definition) is 2. The fraction of sp³-hybridized carbons (Fsp3) is 0.435. The van der Waals surface area contributed by atoms with E-state index in [9.17, 15) is 4.79 Å². The minimum atomic E-state index is 0.0188. The van der Waals surface area contributed by atoms with Crippen LogP contribution in [0.4, 0.5) is 11.4 Å². The first kappa shape index (κ1) is 21.3. The fourth-order valence-electron chi connectivity index (χ4n) is 4.27. The minimum absolute atomic E-state index is 0.0188. The van der Waals surface area contributed by atoms with Gasteiger partial charge in [-0.05, 0) is 62.2 Å². The van der Waals surface area contributed by atoms with Crippen molar-refractivity contribution in [2.75, 3.05) is 42.9 Å². The molecular weight excluding hydrogens is 419 g/mol. The number of carbonyl (C=O) groups excluding carboxylic acids is 1. The van der Waals surface area contributed by atoms with Crippen LogP contribution >= 0.6 is 23.2 Å². The molecule has 0 radical (unpaired) electrons. The quantitative estimate of drug-likeness (QED) is 0.705. The van der Waals surface area contributed by atoms with Crippen molar-refractivity contribution in [3.63, 3.8) is 0 Å². The highest BCUT2D eigenvalue weighted by Crippen LogP contribution is 2.30. The highest BCUT2D eigenvalue weighted by molar-refractivity contribution is 6.35. The number of hydrogen-bond acceptors (Lipinski definition) is 4. The highest BCUT2D eigenvalue weighted by Gasteiger charge is 2.29. The van der Waals surface area contributed by atoms with Gasteiger partial charge in [0.1, 0.15) is 0 Å². The van der Waals surface area contributed by atoms with Crippen molar-refractivity contribution >= 4 is 40.5 Å². The summed E-state index contributed by atoms with van der Waals surface area (Å²) in [5, 5.41) is 8.15. The first-order chi connectivity index (χ1) is 14.5. The Hall–Kier alpha value is -1.95. The topological polar surface area (TPSA) is 47.6 Å². The summed E-state index contributed by atoms with van der Waals surface area (Å²) in [6, 6.07) is 14.1. The summed E-state index contributed by atoms with van der Waals surface area (Å²) in [6.45, 7) is 6.27. The van der Waals surface area contributed by atoms with Crippen LogP contribution in [0.1, 0.15) is 31.4 Å². The van der Waals surface area contributed by atoms with Gasteiger partial charge in [0.05, 0.1) is 6.04 Å². The van der Waals surface area contributed by atoms with Crippen LogP contribution in [0.5, 0.6) is 0 Å². The minimum Gasteiger partial charge on any atom is -0.378 e. The van der Waals surface area contributed by atoms with E-state index in [-0.39, 0.29) is 18.0 Å². The average molecular weight is 447 g/mol. The maximum Gasteiger partial charge on any atom is 0.239 e. The number of nitrogens with zero attached hydrogens (tertiary/aromatic N) is 2. The zero-order chi connectivity index (χ0) is 21.1. The number of piperazine rings is 1. The van der Waals surface area contributed by atoms with E-state index in [2.05, 4.69) is 46.7 Å². The predicted octanol–water partition coefficient (Wildman–Crippen LogP) is 4.57. The van der Waals surface area contributed by atoms with Crippen LogP contribution in [0.15, 0.2) is 42.5 Å². The second kappa shape index (κ2) is 9.46. The number of benzene rings is 2. The molecule has 2 fully saturated rings. The molecule has 1 amide bonds. The van der Waals surface area contributed by atoms with Gasteiger partial charge in [-0.2, -0.15) is 0 Å². The second-order valence-electron chi connectivity index (χ2n) is 8.04. The molecule has 0 bridgehead atoms. The third-order valence-corrected chi connectivity index (χ3v) is 6.54.